The lowest BCUT2D eigenvalue weighted by molar-refractivity contribution is -0.123. The lowest BCUT2D eigenvalue weighted by Gasteiger charge is -2.22. The molecular formula is C14H19BrN2O2. The number of rotatable bonds is 5. The van der Waals surface area contributed by atoms with Gasteiger partial charge in [0.15, 0.2) is 0 Å². The van der Waals surface area contributed by atoms with Crippen LogP contribution in [-0.2, 0) is 4.79 Å². The second kappa shape index (κ2) is 7.50. The van der Waals surface area contributed by atoms with Crippen molar-refractivity contribution in [3.8, 4) is 5.75 Å². The molecule has 1 unspecified atom stereocenters. The molecule has 1 heterocycles. The van der Waals surface area contributed by atoms with Crippen LogP contribution >= 0.6 is 15.9 Å². The van der Waals surface area contributed by atoms with Crippen molar-refractivity contribution in [3.63, 3.8) is 0 Å². The van der Waals surface area contributed by atoms with Crippen LogP contribution in [0.25, 0.3) is 0 Å². The summed E-state index contributed by atoms with van der Waals surface area (Å²) in [6.45, 7) is 1.95. The minimum Gasteiger partial charge on any atom is -0.492 e. The first kappa shape index (κ1) is 14.3. The van der Waals surface area contributed by atoms with Gasteiger partial charge in [0.05, 0.1) is 12.6 Å². The molecule has 0 aromatic heterocycles. The fourth-order valence-electron chi connectivity index (χ4n) is 2.10. The van der Waals surface area contributed by atoms with E-state index in [0.29, 0.717) is 13.2 Å². The maximum Gasteiger partial charge on any atom is 0.237 e. The minimum atomic E-state index is -0.0281. The number of halogens is 1. The molecule has 1 atom stereocenters. The molecule has 2 rings (SSSR count). The summed E-state index contributed by atoms with van der Waals surface area (Å²) in [7, 11) is 0. The lowest BCUT2D eigenvalue weighted by atomic mass is 10.0. The number of benzene rings is 1. The summed E-state index contributed by atoms with van der Waals surface area (Å²) >= 11 is 3.39. The Morgan fingerprint density at radius 3 is 3.11 bits per heavy atom. The van der Waals surface area contributed by atoms with Crippen LogP contribution in [0, 0.1) is 0 Å². The van der Waals surface area contributed by atoms with Crippen molar-refractivity contribution in [2.24, 2.45) is 0 Å². The molecule has 1 aromatic carbocycles. The number of piperidine rings is 1. The first-order valence-electron chi connectivity index (χ1n) is 6.65. The molecule has 104 valence electrons. The molecule has 0 spiro atoms. The zero-order chi connectivity index (χ0) is 13.5. The van der Waals surface area contributed by atoms with Crippen molar-refractivity contribution in [2.45, 2.75) is 25.3 Å². The molecule has 1 fully saturated rings. The van der Waals surface area contributed by atoms with Crippen LogP contribution < -0.4 is 15.4 Å². The van der Waals surface area contributed by atoms with Crippen molar-refractivity contribution in [1.29, 1.82) is 0 Å². The molecule has 5 heteroatoms. The standard InChI is InChI=1S/C14H19BrN2O2/c15-11-4-3-5-12(10-11)19-9-8-17-14(18)13-6-1-2-7-16-13/h3-5,10,13,16H,1-2,6-9H2,(H,17,18). The van der Waals surface area contributed by atoms with Crippen molar-refractivity contribution < 1.29 is 9.53 Å². The predicted octanol–water partition coefficient (Wildman–Crippen LogP) is 2.09. The quantitative estimate of drug-likeness (QED) is 0.814. The Kier molecular flexibility index (Phi) is 5.66. The van der Waals surface area contributed by atoms with Crippen LogP contribution in [0.15, 0.2) is 28.7 Å². The SMILES string of the molecule is O=C(NCCOc1cccc(Br)c1)C1CCCCN1. The van der Waals surface area contributed by atoms with Gasteiger partial charge in [-0.2, -0.15) is 0 Å². The Bertz CT molecular complexity index is 420. The maximum atomic E-state index is 11.8. The second-order valence-corrected chi connectivity index (χ2v) is 5.52. The summed E-state index contributed by atoms with van der Waals surface area (Å²) in [5.41, 5.74) is 0. The molecule has 0 saturated carbocycles. The smallest absolute Gasteiger partial charge is 0.237 e. The predicted molar refractivity (Wildman–Crippen MR) is 78.3 cm³/mol. The molecule has 4 nitrogen and oxygen atoms in total. The van der Waals surface area contributed by atoms with Crippen molar-refractivity contribution in [3.05, 3.63) is 28.7 Å². The van der Waals surface area contributed by atoms with Gasteiger partial charge >= 0.3 is 0 Å². The molecule has 1 aliphatic heterocycles. The zero-order valence-corrected chi connectivity index (χ0v) is 12.4. The van der Waals surface area contributed by atoms with Crippen LogP contribution in [0.3, 0.4) is 0 Å². The van der Waals surface area contributed by atoms with Gasteiger partial charge in [0.2, 0.25) is 5.91 Å². The lowest BCUT2D eigenvalue weighted by Crippen LogP contribution is -2.47. The van der Waals surface area contributed by atoms with Crippen molar-refractivity contribution in [1.82, 2.24) is 10.6 Å². The third-order valence-corrected chi connectivity index (χ3v) is 3.59. The van der Waals surface area contributed by atoms with Crippen LogP contribution in [0.2, 0.25) is 0 Å². The molecule has 2 N–H and O–H groups in total. The van der Waals surface area contributed by atoms with E-state index in [1.54, 1.807) is 0 Å². The summed E-state index contributed by atoms with van der Waals surface area (Å²) in [5.74, 6) is 0.886. The van der Waals surface area contributed by atoms with E-state index in [4.69, 9.17) is 4.74 Å². The highest BCUT2D eigenvalue weighted by molar-refractivity contribution is 9.10. The van der Waals surface area contributed by atoms with Gasteiger partial charge in [0.1, 0.15) is 12.4 Å². The van der Waals surface area contributed by atoms with E-state index >= 15 is 0 Å². The molecule has 1 saturated heterocycles. The van der Waals surface area contributed by atoms with E-state index in [1.165, 1.54) is 0 Å². The Morgan fingerprint density at radius 1 is 1.47 bits per heavy atom. The first-order chi connectivity index (χ1) is 9.25. The van der Waals surface area contributed by atoms with Gasteiger partial charge in [-0.05, 0) is 37.6 Å². The van der Waals surface area contributed by atoms with E-state index in [1.807, 2.05) is 24.3 Å². The van der Waals surface area contributed by atoms with Gasteiger partial charge < -0.3 is 15.4 Å². The Hall–Kier alpha value is -1.07. The molecule has 1 amide bonds. The third-order valence-electron chi connectivity index (χ3n) is 3.09. The maximum absolute atomic E-state index is 11.8. The van der Waals surface area contributed by atoms with E-state index in [0.717, 1.165) is 36.0 Å². The first-order valence-corrected chi connectivity index (χ1v) is 7.44. The Balaban J connectivity index is 1.65. The summed E-state index contributed by atoms with van der Waals surface area (Å²) in [4.78, 5) is 11.8. The largest absolute Gasteiger partial charge is 0.492 e. The topological polar surface area (TPSA) is 50.4 Å². The monoisotopic (exact) mass is 326 g/mol. The number of amides is 1. The van der Waals surface area contributed by atoms with Gasteiger partial charge in [-0.3, -0.25) is 4.79 Å². The number of hydrogen-bond donors (Lipinski definition) is 2. The van der Waals surface area contributed by atoms with E-state index in [2.05, 4.69) is 26.6 Å². The third kappa shape index (κ3) is 4.84. The molecule has 1 aliphatic rings. The molecule has 0 bridgehead atoms. The number of ether oxygens (including phenoxy) is 1. The van der Waals surface area contributed by atoms with E-state index in [9.17, 15) is 4.79 Å². The molecular weight excluding hydrogens is 308 g/mol. The average molecular weight is 327 g/mol. The fraction of sp³-hybridized carbons (Fsp3) is 0.500. The number of carbonyl (C=O) groups is 1. The van der Waals surface area contributed by atoms with Crippen molar-refractivity contribution in [2.75, 3.05) is 19.7 Å². The number of nitrogens with one attached hydrogen (secondary N) is 2. The van der Waals surface area contributed by atoms with Gasteiger partial charge in [0, 0.05) is 4.47 Å². The second-order valence-electron chi connectivity index (χ2n) is 4.60. The highest BCUT2D eigenvalue weighted by Crippen LogP contribution is 2.17. The summed E-state index contributed by atoms with van der Waals surface area (Å²) in [5, 5.41) is 6.12. The molecule has 19 heavy (non-hydrogen) atoms. The van der Waals surface area contributed by atoms with Crippen LogP contribution in [-0.4, -0.2) is 31.6 Å². The summed E-state index contributed by atoms with van der Waals surface area (Å²) in [6, 6.07) is 7.65. The fourth-order valence-corrected chi connectivity index (χ4v) is 2.48. The van der Waals surface area contributed by atoms with Gasteiger partial charge in [-0.1, -0.05) is 28.4 Å². The highest BCUT2D eigenvalue weighted by Gasteiger charge is 2.19. The van der Waals surface area contributed by atoms with Crippen molar-refractivity contribution >= 4 is 21.8 Å². The number of carbonyl (C=O) groups excluding carboxylic acids is 1. The van der Waals surface area contributed by atoms with Gasteiger partial charge in [0.25, 0.3) is 0 Å². The normalized spacial score (nSPS) is 18.9. The van der Waals surface area contributed by atoms with Crippen LogP contribution in [0.5, 0.6) is 5.75 Å². The Morgan fingerprint density at radius 2 is 2.37 bits per heavy atom. The average Bonchev–Trinajstić information content (AvgIpc) is 2.44. The molecule has 0 radical (unpaired) electrons. The number of hydrogen-bond acceptors (Lipinski definition) is 3. The minimum absolute atomic E-state index is 0.0281. The summed E-state index contributed by atoms with van der Waals surface area (Å²) < 4.78 is 6.55. The van der Waals surface area contributed by atoms with Crippen LogP contribution in [0.1, 0.15) is 19.3 Å². The van der Waals surface area contributed by atoms with Gasteiger partial charge in [-0.15, -0.1) is 0 Å². The summed E-state index contributed by atoms with van der Waals surface area (Å²) in [6.07, 6.45) is 3.22. The Labute approximate surface area is 122 Å². The van der Waals surface area contributed by atoms with E-state index < -0.39 is 0 Å². The van der Waals surface area contributed by atoms with E-state index in [-0.39, 0.29) is 11.9 Å². The van der Waals surface area contributed by atoms with Gasteiger partial charge in [-0.25, -0.2) is 0 Å². The molecule has 0 aliphatic carbocycles. The van der Waals surface area contributed by atoms with Crippen LogP contribution in [0.4, 0.5) is 0 Å². The highest BCUT2D eigenvalue weighted by atomic mass is 79.9. The zero-order valence-electron chi connectivity index (χ0n) is 10.8. The molecule has 1 aromatic rings.